The topological polar surface area (TPSA) is 26.3 Å². The summed E-state index contributed by atoms with van der Waals surface area (Å²) in [6, 6.07) is 7.01. The van der Waals surface area contributed by atoms with Gasteiger partial charge in [0.1, 0.15) is 0 Å². The Morgan fingerprint density at radius 2 is 1.35 bits per heavy atom. The predicted molar refractivity (Wildman–Crippen MR) is 66.7 cm³/mol. The van der Waals surface area contributed by atoms with Crippen LogP contribution in [0, 0.1) is 29.1 Å². The molecule has 0 N–H and O–H groups in total. The fourth-order valence-electron chi connectivity index (χ4n) is 1.74. The molecule has 0 aromatic heterocycles. The van der Waals surface area contributed by atoms with E-state index < -0.39 is 53.4 Å². The van der Waals surface area contributed by atoms with Crippen molar-refractivity contribution in [3.63, 3.8) is 0 Å². The zero-order valence-electron chi connectivity index (χ0n) is 11.3. The second-order valence-corrected chi connectivity index (χ2v) is 4.41. The number of hydrogen-bond acceptors (Lipinski definition) is 2. The molecule has 0 saturated carbocycles. The van der Waals surface area contributed by atoms with Crippen LogP contribution in [0.4, 0.5) is 26.3 Å². The largest absolute Gasteiger partial charge is 0.337 e. The first-order valence-corrected chi connectivity index (χ1v) is 6.19. The van der Waals surface area contributed by atoms with Gasteiger partial charge in [-0.05, 0) is 0 Å². The monoisotopic (exact) mass is 334 g/mol. The van der Waals surface area contributed by atoms with E-state index in [2.05, 4.69) is 4.74 Å². The molecule has 2 aromatic rings. The van der Waals surface area contributed by atoms with Crippen LogP contribution in [-0.2, 0) is 11.3 Å². The second kappa shape index (κ2) is 6.82. The highest BCUT2D eigenvalue weighted by molar-refractivity contribution is 5.98. The number of benzene rings is 2. The Kier molecular flexibility index (Phi) is 5.05. The molecule has 0 amide bonds. The van der Waals surface area contributed by atoms with Crippen LogP contribution in [0.1, 0.15) is 15.9 Å². The van der Waals surface area contributed by atoms with Crippen LogP contribution >= 0.6 is 0 Å². The van der Waals surface area contributed by atoms with E-state index in [-0.39, 0.29) is 5.56 Å². The first-order chi connectivity index (χ1) is 10.8. The van der Waals surface area contributed by atoms with Crippen molar-refractivity contribution in [2.45, 2.75) is 13.0 Å². The lowest BCUT2D eigenvalue weighted by atomic mass is 10.1. The molecule has 2 rings (SSSR count). The van der Waals surface area contributed by atoms with Gasteiger partial charge in [0.2, 0.25) is 11.6 Å². The van der Waals surface area contributed by atoms with Gasteiger partial charge in [0.15, 0.2) is 23.3 Å². The standard InChI is InChI=1S/C15H8F6O2/c16-9-8(10(17)12(19)13(20)11(9)18)6-23-15(21)14(22)7-4-2-1-3-5-7/h1-5,15H,6H2. The number of carbonyl (C=O) groups excluding carboxylic acids is 1. The third kappa shape index (κ3) is 3.37. The van der Waals surface area contributed by atoms with Gasteiger partial charge >= 0.3 is 0 Å². The lowest BCUT2D eigenvalue weighted by Gasteiger charge is -2.11. The van der Waals surface area contributed by atoms with Crippen LogP contribution in [0.3, 0.4) is 0 Å². The van der Waals surface area contributed by atoms with Gasteiger partial charge in [0.25, 0.3) is 6.36 Å². The highest BCUT2D eigenvalue weighted by Gasteiger charge is 2.27. The van der Waals surface area contributed by atoms with Crippen molar-refractivity contribution in [1.82, 2.24) is 0 Å². The molecular weight excluding hydrogens is 326 g/mol. The minimum atomic E-state index is -2.62. The Bertz CT molecular complexity index is 703. The smallest absolute Gasteiger partial charge is 0.263 e. The van der Waals surface area contributed by atoms with Gasteiger partial charge in [0.05, 0.1) is 12.2 Å². The quantitative estimate of drug-likeness (QED) is 0.356. The second-order valence-electron chi connectivity index (χ2n) is 4.41. The highest BCUT2D eigenvalue weighted by Crippen LogP contribution is 2.24. The summed E-state index contributed by atoms with van der Waals surface area (Å²) in [6.45, 7) is -1.30. The number of halogens is 6. The molecule has 2 aromatic carbocycles. The molecule has 0 aliphatic heterocycles. The molecule has 8 heteroatoms. The van der Waals surface area contributed by atoms with E-state index in [1.54, 1.807) is 6.07 Å². The lowest BCUT2D eigenvalue weighted by Crippen LogP contribution is -2.20. The zero-order chi connectivity index (χ0) is 17.1. The normalized spacial score (nSPS) is 12.3. The van der Waals surface area contributed by atoms with Crippen LogP contribution < -0.4 is 0 Å². The summed E-state index contributed by atoms with van der Waals surface area (Å²) in [5, 5.41) is 0. The fourth-order valence-corrected chi connectivity index (χ4v) is 1.74. The number of carbonyl (C=O) groups is 1. The van der Waals surface area contributed by atoms with Gasteiger partial charge in [-0.3, -0.25) is 4.79 Å². The van der Waals surface area contributed by atoms with Gasteiger partial charge in [-0.2, -0.15) is 0 Å². The Morgan fingerprint density at radius 3 is 1.87 bits per heavy atom. The minimum absolute atomic E-state index is 0.0718. The average molecular weight is 334 g/mol. The van der Waals surface area contributed by atoms with Gasteiger partial charge in [-0.15, -0.1) is 0 Å². The van der Waals surface area contributed by atoms with E-state index >= 15 is 0 Å². The molecule has 0 heterocycles. The Morgan fingerprint density at radius 1 is 0.870 bits per heavy atom. The number of ketones is 1. The molecule has 1 unspecified atom stereocenters. The molecule has 0 radical (unpaired) electrons. The molecule has 0 aliphatic rings. The van der Waals surface area contributed by atoms with E-state index in [1.165, 1.54) is 24.3 Å². The summed E-state index contributed by atoms with van der Waals surface area (Å²) in [4.78, 5) is 11.6. The predicted octanol–water partition coefficient (Wildman–Crippen LogP) is 4.08. The summed E-state index contributed by atoms with van der Waals surface area (Å²) < 4.78 is 83.5. The van der Waals surface area contributed by atoms with Crippen molar-refractivity contribution >= 4 is 5.78 Å². The highest BCUT2D eigenvalue weighted by atomic mass is 19.2. The molecule has 0 fully saturated rings. The number of rotatable bonds is 5. The maximum absolute atomic E-state index is 13.6. The van der Waals surface area contributed by atoms with Crippen LogP contribution in [0.2, 0.25) is 0 Å². The molecule has 0 spiro atoms. The maximum atomic E-state index is 13.6. The Labute approximate surface area is 126 Å². The Hall–Kier alpha value is -2.35. The van der Waals surface area contributed by atoms with Crippen molar-refractivity contribution < 1.29 is 35.9 Å². The molecule has 23 heavy (non-hydrogen) atoms. The average Bonchev–Trinajstić information content (AvgIpc) is 2.58. The van der Waals surface area contributed by atoms with Crippen molar-refractivity contribution in [3.8, 4) is 0 Å². The SMILES string of the molecule is O=C(c1ccccc1)C(F)OCc1c(F)c(F)c(F)c(F)c1F. The van der Waals surface area contributed by atoms with Gasteiger partial charge in [-0.1, -0.05) is 30.3 Å². The number of Topliss-reactive ketones (excluding diaryl/α,β-unsaturated/α-hetero) is 1. The summed E-state index contributed by atoms with van der Waals surface area (Å²) in [5.74, 6) is -12.1. The molecule has 2 nitrogen and oxygen atoms in total. The van der Waals surface area contributed by atoms with E-state index in [1.807, 2.05) is 0 Å². The third-order valence-electron chi connectivity index (χ3n) is 2.94. The van der Waals surface area contributed by atoms with E-state index in [4.69, 9.17) is 0 Å². The van der Waals surface area contributed by atoms with Crippen LogP contribution in [0.15, 0.2) is 30.3 Å². The molecule has 1 atom stereocenters. The molecule has 0 saturated heterocycles. The van der Waals surface area contributed by atoms with Gasteiger partial charge in [-0.25, -0.2) is 26.3 Å². The summed E-state index contributed by atoms with van der Waals surface area (Å²) in [6.07, 6.45) is -2.62. The minimum Gasteiger partial charge on any atom is -0.337 e. The maximum Gasteiger partial charge on any atom is 0.263 e. The summed E-state index contributed by atoms with van der Waals surface area (Å²) >= 11 is 0. The van der Waals surface area contributed by atoms with Crippen molar-refractivity contribution in [2.75, 3.05) is 0 Å². The van der Waals surface area contributed by atoms with Crippen LogP contribution in [0.25, 0.3) is 0 Å². The van der Waals surface area contributed by atoms with E-state index in [9.17, 15) is 31.1 Å². The van der Waals surface area contributed by atoms with E-state index in [0.717, 1.165) is 0 Å². The zero-order valence-corrected chi connectivity index (χ0v) is 11.3. The third-order valence-corrected chi connectivity index (χ3v) is 2.94. The number of hydrogen-bond donors (Lipinski definition) is 0. The fraction of sp³-hybridized carbons (Fsp3) is 0.133. The molecule has 0 bridgehead atoms. The van der Waals surface area contributed by atoms with Crippen molar-refractivity contribution in [2.24, 2.45) is 0 Å². The number of ether oxygens (including phenoxy) is 1. The lowest BCUT2D eigenvalue weighted by molar-refractivity contribution is -0.0315. The first-order valence-electron chi connectivity index (χ1n) is 6.19. The molecular formula is C15H8F6O2. The summed E-state index contributed by atoms with van der Waals surface area (Å²) in [7, 11) is 0. The van der Waals surface area contributed by atoms with Crippen LogP contribution in [-0.4, -0.2) is 12.1 Å². The molecule has 0 aliphatic carbocycles. The Balaban J connectivity index is 2.17. The van der Waals surface area contributed by atoms with Crippen molar-refractivity contribution in [3.05, 3.63) is 70.5 Å². The van der Waals surface area contributed by atoms with Gasteiger partial charge < -0.3 is 4.74 Å². The van der Waals surface area contributed by atoms with Gasteiger partial charge in [0, 0.05) is 5.56 Å². The first kappa shape index (κ1) is 17.0. The van der Waals surface area contributed by atoms with E-state index in [0.29, 0.717) is 0 Å². The summed E-state index contributed by atoms with van der Waals surface area (Å²) in [5.41, 5.74) is -1.43. The van der Waals surface area contributed by atoms with Crippen molar-refractivity contribution in [1.29, 1.82) is 0 Å². The number of alkyl halides is 1. The molecule has 122 valence electrons. The van der Waals surface area contributed by atoms with Crippen LogP contribution in [0.5, 0.6) is 0 Å².